The van der Waals surface area contributed by atoms with Crippen LogP contribution >= 0.6 is 0 Å². The van der Waals surface area contributed by atoms with Gasteiger partial charge in [0.2, 0.25) is 0 Å². The van der Waals surface area contributed by atoms with Crippen molar-refractivity contribution in [1.82, 2.24) is 0 Å². The number of hydrogen-bond acceptors (Lipinski definition) is 4. The molecule has 0 spiro atoms. The van der Waals surface area contributed by atoms with E-state index in [9.17, 15) is 0 Å². The molecule has 0 aromatic carbocycles. The van der Waals surface area contributed by atoms with Gasteiger partial charge in [-0.25, -0.2) is 0 Å². The molecule has 56 valence electrons. The summed E-state index contributed by atoms with van der Waals surface area (Å²) in [6.45, 7) is 2.21. The fourth-order valence-electron chi connectivity index (χ4n) is 0. The van der Waals surface area contributed by atoms with Crippen LogP contribution in [0.3, 0.4) is 0 Å². The van der Waals surface area contributed by atoms with E-state index in [1.54, 1.807) is 6.92 Å². The van der Waals surface area contributed by atoms with Crippen LogP contribution in [0, 0.1) is 0 Å². The van der Waals surface area contributed by atoms with Crippen molar-refractivity contribution in [2.45, 2.75) is 13.0 Å². The second kappa shape index (κ2) is 10.4. The number of rotatable bonds is 2. The molecule has 9 heavy (non-hydrogen) atoms. The average molecular weight is 135 g/mol. The molecule has 0 radical (unpaired) electrons. The van der Waals surface area contributed by atoms with E-state index in [1.165, 1.54) is 7.11 Å². The highest BCUT2D eigenvalue weighted by Gasteiger charge is 1.81. The van der Waals surface area contributed by atoms with E-state index in [4.69, 9.17) is 15.6 Å². The van der Waals surface area contributed by atoms with Crippen LogP contribution in [-0.4, -0.2) is 31.3 Å². The van der Waals surface area contributed by atoms with E-state index in [0.29, 0.717) is 6.47 Å². The van der Waals surface area contributed by atoms with E-state index in [2.05, 4.69) is 4.74 Å². The van der Waals surface area contributed by atoms with Crippen LogP contribution in [0.5, 0.6) is 0 Å². The normalized spacial score (nSPS) is 10.7. The second-order valence-corrected chi connectivity index (χ2v) is 1.49. The minimum absolute atomic E-state index is 0.0602. The van der Waals surface area contributed by atoms with E-state index in [0.717, 1.165) is 0 Å². The Labute approximate surface area is 54.6 Å². The molecule has 0 aliphatic heterocycles. The predicted molar refractivity (Wildman–Crippen MR) is 33.8 cm³/mol. The van der Waals surface area contributed by atoms with Crippen molar-refractivity contribution >= 4 is 6.47 Å². The third kappa shape index (κ3) is 37.6. The van der Waals surface area contributed by atoms with Crippen LogP contribution in [0.15, 0.2) is 0 Å². The van der Waals surface area contributed by atoms with Crippen LogP contribution in [0.25, 0.3) is 0 Å². The lowest BCUT2D eigenvalue weighted by Crippen LogP contribution is -2.18. The zero-order chi connectivity index (χ0) is 7.70. The Kier molecular flexibility index (Phi) is 13.0. The number of methoxy groups -OCH3 is 1. The van der Waals surface area contributed by atoms with Gasteiger partial charge in [0, 0.05) is 6.04 Å². The Bertz CT molecular complexity index is 56.2. The molecule has 1 atom stereocenters. The summed E-state index contributed by atoms with van der Waals surface area (Å²) >= 11 is 0. The number of ether oxygens (including phenoxy) is 1. The number of carbonyl (C=O) groups excluding carboxylic acids is 1. The first kappa shape index (κ1) is 11.2. The van der Waals surface area contributed by atoms with Crippen molar-refractivity contribution in [1.29, 1.82) is 0 Å². The number of aliphatic hydroxyl groups is 1. The molecule has 3 N–H and O–H groups in total. The maximum absolute atomic E-state index is 8.95. The Morgan fingerprint density at radius 3 is 2.11 bits per heavy atom. The Hall–Kier alpha value is -0.610. The molecule has 0 heterocycles. The number of nitrogens with two attached hydrogens (primary N) is 1. The van der Waals surface area contributed by atoms with Gasteiger partial charge < -0.3 is 15.6 Å². The Morgan fingerprint density at radius 2 is 2.11 bits per heavy atom. The van der Waals surface area contributed by atoms with Gasteiger partial charge in [-0.15, -0.1) is 0 Å². The summed E-state index contributed by atoms with van der Waals surface area (Å²) < 4.78 is 3.86. The molecule has 4 heteroatoms. The van der Waals surface area contributed by atoms with Gasteiger partial charge in [0.1, 0.15) is 0 Å². The van der Waals surface area contributed by atoms with Gasteiger partial charge in [-0.3, -0.25) is 4.79 Å². The van der Waals surface area contributed by atoms with Crippen molar-refractivity contribution in [3.05, 3.63) is 0 Å². The Morgan fingerprint density at radius 1 is 1.89 bits per heavy atom. The highest BCUT2D eigenvalue weighted by atomic mass is 16.5. The first-order valence-electron chi connectivity index (χ1n) is 2.51. The van der Waals surface area contributed by atoms with Crippen LogP contribution in [-0.2, 0) is 9.53 Å². The highest BCUT2D eigenvalue weighted by Crippen LogP contribution is 1.62. The standard InChI is InChI=1S/C3H9NO.C2H4O2/c1-3(4)2-5;1-4-2-3/h3,5H,2,4H2,1H3;2H,1H3. The van der Waals surface area contributed by atoms with Gasteiger partial charge in [-0.05, 0) is 6.92 Å². The lowest BCUT2D eigenvalue weighted by Gasteiger charge is -1.91. The number of aliphatic hydroxyl groups excluding tert-OH is 1. The van der Waals surface area contributed by atoms with Crippen molar-refractivity contribution in [2.24, 2.45) is 5.73 Å². The molecule has 0 saturated carbocycles. The summed E-state index contributed by atoms with van der Waals surface area (Å²) in [7, 11) is 1.31. The third-order valence-corrected chi connectivity index (χ3v) is 0.384. The number of hydrogen-bond donors (Lipinski definition) is 2. The van der Waals surface area contributed by atoms with Gasteiger partial charge in [-0.1, -0.05) is 0 Å². The van der Waals surface area contributed by atoms with E-state index < -0.39 is 0 Å². The summed E-state index contributed by atoms with van der Waals surface area (Å²) in [6.07, 6.45) is 0. The fraction of sp³-hybridized carbons (Fsp3) is 0.800. The average Bonchev–Trinajstić information content (AvgIpc) is 1.89. The molecular weight excluding hydrogens is 122 g/mol. The molecule has 0 aromatic heterocycles. The lowest BCUT2D eigenvalue weighted by atomic mass is 10.4. The molecule has 1 unspecified atom stereocenters. The zero-order valence-corrected chi connectivity index (χ0v) is 5.70. The SMILES string of the molecule is CC(N)CO.COC=O. The molecule has 0 bridgehead atoms. The molecule has 0 aliphatic carbocycles. The lowest BCUT2D eigenvalue weighted by molar-refractivity contribution is -0.126. The summed E-state index contributed by atoms with van der Waals surface area (Å²) in [5.41, 5.74) is 5.04. The summed E-state index contributed by atoms with van der Waals surface area (Å²) in [4.78, 5) is 8.95. The monoisotopic (exact) mass is 135 g/mol. The van der Waals surface area contributed by atoms with Crippen molar-refractivity contribution < 1.29 is 14.6 Å². The molecule has 0 amide bonds. The van der Waals surface area contributed by atoms with Crippen LogP contribution in [0.4, 0.5) is 0 Å². The fourth-order valence-corrected chi connectivity index (χ4v) is 0. The van der Waals surface area contributed by atoms with Gasteiger partial charge >= 0.3 is 0 Å². The molecule has 0 rings (SSSR count). The smallest absolute Gasteiger partial charge is 0.292 e. The summed E-state index contributed by atoms with van der Waals surface area (Å²) in [5, 5.41) is 8.02. The van der Waals surface area contributed by atoms with Gasteiger partial charge in [0.15, 0.2) is 0 Å². The molecule has 4 nitrogen and oxygen atoms in total. The van der Waals surface area contributed by atoms with Gasteiger partial charge in [-0.2, -0.15) is 0 Å². The van der Waals surface area contributed by atoms with Gasteiger partial charge in [0.05, 0.1) is 13.7 Å². The minimum Gasteiger partial charge on any atom is -0.471 e. The van der Waals surface area contributed by atoms with Gasteiger partial charge in [0.25, 0.3) is 6.47 Å². The molecule has 0 aromatic rings. The maximum atomic E-state index is 8.95. The first-order valence-corrected chi connectivity index (χ1v) is 2.51. The molecular formula is C5H13NO3. The Balaban J connectivity index is 0. The van der Waals surface area contributed by atoms with Crippen molar-refractivity contribution in [2.75, 3.05) is 13.7 Å². The zero-order valence-electron chi connectivity index (χ0n) is 5.70. The van der Waals surface area contributed by atoms with Crippen molar-refractivity contribution in [3.63, 3.8) is 0 Å². The van der Waals surface area contributed by atoms with E-state index >= 15 is 0 Å². The minimum atomic E-state index is -0.0602. The third-order valence-electron chi connectivity index (χ3n) is 0.384. The van der Waals surface area contributed by atoms with E-state index in [1.807, 2.05) is 0 Å². The number of carbonyl (C=O) groups is 1. The second-order valence-electron chi connectivity index (χ2n) is 1.49. The summed E-state index contributed by atoms with van der Waals surface area (Å²) in [5.74, 6) is 0. The van der Waals surface area contributed by atoms with Crippen LogP contribution in [0.1, 0.15) is 6.92 Å². The van der Waals surface area contributed by atoms with E-state index in [-0.39, 0.29) is 12.6 Å². The molecule has 0 saturated heterocycles. The topological polar surface area (TPSA) is 72.6 Å². The molecule has 0 aliphatic rings. The predicted octanol–water partition coefficient (Wildman–Crippen LogP) is -0.885. The largest absolute Gasteiger partial charge is 0.471 e. The quantitative estimate of drug-likeness (QED) is 0.482. The first-order chi connectivity index (χ1) is 4.18. The van der Waals surface area contributed by atoms with Crippen LogP contribution < -0.4 is 5.73 Å². The van der Waals surface area contributed by atoms with Crippen LogP contribution in [0.2, 0.25) is 0 Å². The molecule has 0 fully saturated rings. The highest BCUT2D eigenvalue weighted by molar-refractivity contribution is 5.36. The van der Waals surface area contributed by atoms with Crippen molar-refractivity contribution in [3.8, 4) is 0 Å². The summed E-state index contributed by atoms with van der Waals surface area (Å²) in [6, 6.07) is -0.0602. The maximum Gasteiger partial charge on any atom is 0.292 e.